The van der Waals surface area contributed by atoms with Crippen molar-refractivity contribution >= 4 is 17.9 Å². The molecule has 34 heavy (non-hydrogen) atoms. The molecular weight excluding hydrogens is 424 g/mol. The summed E-state index contributed by atoms with van der Waals surface area (Å²) in [7, 11) is 0. The second-order valence-corrected chi connectivity index (χ2v) is 10.7. The number of hydrogen-bond donors (Lipinski definition) is 0. The van der Waals surface area contributed by atoms with Gasteiger partial charge in [0.05, 0.1) is 17.5 Å². The Morgan fingerprint density at radius 2 is 1.74 bits per heavy atom. The number of carbonyl (C=O) groups excluding carboxylic acids is 1. The van der Waals surface area contributed by atoms with Crippen molar-refractivity contribution in [2.75, 3.05) is 0 Å². The van der Waals surface area contributed by atoms with Gasteiger partial charge in [-0.1, -0.05) is 23.8 Å². The van der Waals surface area contributed by atoms with Crippen molar-refractivity contribution in [3.63, 3.8) is 0 Å². The lowest BCUT2D eigenvalue weighted by molar-refractivity contribution is 0.0846. The van der Waals surface area contributed by atoms with E-state index in [4.69, 9.17) is 14.2 Å². The van der Waals surface area contributed by atoms with Crippen LogP contribution in [0.25, 0.3) is 12.2 Å². The van der Waals surface area contributed by atoms with Crippen molar-refractivity contribution in [3.8, 4) is 17.2 Å². The Morgan fingerprint density at radius 1 is 1.00 bits per heavy atom. The maximum Gasteiger partial charge on any atom is 0.170 e. The smallest absolute Gasteiger partial charge is 0.170 e. The van der Waals surface area contributed by atoms with E-state index in [-0.39, 0.29) is 17.5 Å². The highest BCUT2D eigenvalue weighted by molar-refractivity contribution is 6.02. The third kappa shape index (κ3) is 4.18. The molecule has 1 unspecified atom stereocenters. The van der Waals surface area contributed by atoms with Crippen LogP contribution in [0.2, 0.25) is 0 Å². The summed E-state index contributed by atoms with van der Waals surface area (Å²) in [6.45, 7) is 12.3. The van der Waals surface area contributed by atoms with E-state index in [1.165, 1.54) is 5.57 Å². The van der Waals surface area contributed by atoms with Gasteiger partial charge in [-0.2, -0.15) is 0 Å². The molecule has 4 heteroatoms. The molecule has 1 atom stereocenters. The summed E-state index contributed by atoms with van der Waals surface area (Å²) in [5, 5.41) is 0. The van der Waals surface area contributed by atoms with Crippen LogP contribution in [0.15, 0.2) is 48.1 Å². The molecule has 0 bridgehead atoms. The Morgan fingerprint density at radius 3 is 2.50 bits per heavy atom. The number of ether oxygens (including phenoxy) is 3. The largest absolute Gasteiger partial charge is 0.484 e. The average Bonchev–Trinajstić information content (AvgIpc) is 2.76. The maximum atomic E-state index is 13.3. The number of ketones is 1. The van der Waals surface area contributed by atoms with Crippen LogP contribution in [0.3, 0.4) is 0 Å². The number of Topliss-reactive ketones (excluding diaryl/α,β-unsaturated/α-hetero) is 1. The lowest BCUT2D eigenvalue weighted by Gasteiger charge is -2.34. The molecule has 0 spiro atoms. The molecule has 0 saturated carbocycles. The summed E-state index contributed by atoms with van der Waals surface area (Å²) in [4.78, 5) is 13.3. The number of fused-ring (bicyclic) bond motifs is 4. The number of hydrogen-bond acceptors (Lipinski definition) is 4. The third-order valence-corrected chi connectivity index (χ3v) is 6.47. The van der Waals surface area contributed by atoms with Crippen LogP contribution >= 0.6 is 0 Å². The van der Waals surface area contributed by atoms with Crippen molar-refractivity contribution in [3.05, 3.63) is 75.9 Å². The van der Waals surface area contributed by atoms with Gasteiger partial charge in [0.15, 0.2) is 5.78 Å². The van der Waals surface area contributed by atoms with Crippen molar-refractivity contribution in [1.82, 2.24) is 0 Å². The predicted molar refractivity (Wildman–Crippen MR) is 136 cm³/mol. The van der Waals surface area contributed by atoms with Crippen LogP contribution < -0.4 is 14.2 Å². The summed E-state index contributed by atoms with van der Waals surface area (Å²) in [5.41, 5.74) is 4.97. The molecule has 0 N–H and O–H groups in total. The molecule has 176 valence electrons. The van der Waals surface area contributed by atoms with Crippen LogP contribution in [0.1, 0.15) is 86.7 Å². The summed E-state index contributed by atoms with van der Waals surface area (Å²) in [6, 6.07) is 8.01. The van der Waals surface area contributed by atoms with Crippen LogP contribution in [-0.2, 0) is 6.42 Å². The minimum Gasteiger partial charge on any atom is -0.484 e. The molecule has 5 rings (SSSR count). The van der Waals surface area contributed by atoms with Gasteiger partial charge in [-0.15, -0.1) is 0 Å². The zero-order chi connectivity index (χ0) is 24.3. The fourth-order valence-electron chi connectivity index (χ4n) is 4.63. The average molecular weight is 457 g/mol. The molecule has 0 saturated heterocycles. The summed E-state index contributed by atoms with van der Waals surface area (Å²) >= 11 is 0. The van der Waals surface area contributed by atoms with Gasteiger partial charge in [0, 0.05) is 5.56 Å². The van der Waals surface area contributed by atoms with E-state index in [1.807, 2.05) is 58.0 Å². The minimum atomic E-state index is -0.419. The number of rotatable bonds is 3. The second-order valence-electron chi connectivity index (χ2n) is 10.7. The number of benzene rings is 2. The number of allylic oxidation sites excluding steroid dienone is 2. The van der Waals surface area contributed by atoms with Crippen LogP contribution in [-0.4, -0.2) is 17.0 Å². The highest BCUT2D eigenvalue weighted by Gasteiger charge is 2.35. The van der Waals surface area contributed by atoms with Crippen LogP contribution in [0.5, 0.6) is 17.2 Å². The molecule has 3 aliphatic rings. The van der Waals surface area contributed by atoms with E-state index >= 15 is 0 Å². The molecule has 0 aliphatic carbocycles. The highest BCUT2D eigenvalue weighted by atomic mass is 16.5. The van der Waals surface area contributed by atoms with E-state index in [2.05, 4.69) is 38.1 Å². The van der Waals surface area contributed by atoms with Gasteiger partial charge in [0.25, 0.3) is 0 Å². The normalized spacial score (nSPS) is 20.8. The van der Waals surface area contributed by atoms with E-state index in [0.29, 0.717) is 24.2 Å². The molecule has 0 amide bonds. The Hall–Kier alpha value is -3.27. The standard InChI is InChI=1S/C30H32O4/c1-18(2)7-8-21-16-23-24(31)17-26(32-28(23)22-12-14-30(5,6)34-27(21)22)19-9-10-25-20(15-19)11-13-29(3,4)33-25/h7,9-16,26H,8,17H2,1-6H3. The van der Waals surface area contributed by atoms with Crippen molar-refractivity contribution in [1.29, 1.82) is 0 Å². The Labute approximate surface area is 201 Å². The van der Waals surface area contributed by atoms with Gasteiger partial charge in [-0.05, 0) is 95.5 Å². The van der Waals surface area contributed by atoms with Gasteiger partial charge in [-0.3, -0.25) is 4.79 Å². The Balaban J connectivity index is 1.55. The first kappa shape index (κ1) is 22.5. The zero-order valence-electron chi connectivity index (χ0n) is 20.8. The monoisotopic (exact) mass is 456 g/mol. The summed E-state index contributed by atoms with van der Waals surface area (Å²) in [6.07, 6.45) is 11.0. The number of carbonyl (C=O) groups is 1. The lowest BCUT2D eigenvalue weighted by atomic mass is 9.89. The van der Waals surface area contributed by atoms with E-state index in [0.717, 1.165) is 33.8 Å². The summed E-state index contributed by atoms with van der Waals surface area (Å²) < 4.78 is 19.0. The van der Waals surface area contributed by atoms with Crippen molar-refractivity contribution < 1.29 is 19.0 Å². The first-order chi connectivity index (χ1) is 16.0. The molecule has 2 aromatic rings. The zero-order valence-corrected chi connectivity index (χ0v) is 20.8. The van der Waals surface area contributed by atoms with Gasteiger partial charge in [0.1, 0.15) is 34.6 Å². The van der Waals surface area contributed by atoms with Gasteiger partial charge in [-0.25, -0.2) is 0 Å². The van der Waals surface area contributed by atoms with E-state index in [9.17, 15) is 4.79 Å². The van der Waals surface area contributed by atoms with Gasteiger partial charge >= 0.3 is 0 Å². The first-order valence-corrected chi connectivity index (χ1v) is 11.9. The molecular formula is C30H32O4. The highest BCUT2D eigenvalue weighted by Crippen LogP contribution is 2.47. The Bertz CT molecular complexity index is 1270. The third-order valence-electron chi connectivity index (χ3n) is 6.47. The molecule has 3 aliphatic heterocycles. The van der Waals surface area contributed by atoms with Gasteiger partial charge in [0.2, 0.25) is 0 Å². The van der Waals surface area contributed by atoms with Gasteiger partial charge < -0.3 is 14.2 Å². The fourth-order valence-corrected chi connectivity index (χ4v) is 4.63. The second kappa shape index (κ2) is 7.90. The van der Waals surface area contributed by atoms with E-state index < -0.39 is 5.60 Å². The van der Waals surface area contributed by atoms with E-state index in [1.54, 1.807) is 0 Å². The quantitative estimate of drug-likeness (QED) is 0.456. The molecule has 0 fully saturated rings. The van der Waals surface area contributed by atoms with Crippen molar-refractivity contribution in [2.24, 2.45) is 0 Å². The molecule has 4 nitrogen and oxygen atoms in total. The SMILES string of the molecule is CC(C)=CCc1cc2c(c3c1OC(C)(C)C=C3)OC(c1ccc3c(c1)C=CC(C)(C)O3)CC2=O. The molecule has 0 aromatic heterocycles. The Kier molecular flexibility index (Phi) is 5.23. The molecule has 3 heterocycles. The summed E-state index contributed by atoms with van der Waals surface area (Å²) in [5.74, 6) is 2.37. The maximum absolute atomic E-state index is 13.3. The molecule has 2 aromatic carbocycles. The lowest BCUT2D eigenvalue weighted by Crippen LogP contribution is -2.30. The fraction of sp³-hybridized carbons (Fsp3) is 0.367. The van der Waals surface area contributed by atoms with Crippen LogP contribution in [0, 0.1) is 0 Å². The predicted octanol–water partition coefficient (Wildman–Crippen LogP) is 7.27. The first-order valence-electron chi connectivity index (χ1n) is 11.9. The van der Waals surface area contributed by atoms with Crippen LogP contribution in [0.4, 0.5) is 0 Å². The van der Waals surface area contributed by atoms with Crippen molar-refractivity contribution in [2.45, 2.75) is 71.7 Å². The minimum absolute atomic E-state index is 0.0939. The molecule has 0 radical (unpaired) electrons. The topological polar surface area (TPSA) is 44.8 Å².